The van der Waals surface area contributed by atoms with Crippen LogP contribution in [0.5, 0.6) is 0 Å². The van der Waals surface area contributed by atoms with E-state index in [0.717, 1.165) is 6.07 Å². The SMILES string of the molecule is O=C1C(=O)N(CCOCCO)[C@@H](c2ccccn2)/C1=C(\O)c1cccc([N+](=O)[O-])c1. The number of ether oxygens (including phenoxy) is 1. The van der Waals surface area contributed by atoms with E-state index < -0.39 is 28.4 Å². The molecule has 1 aliphatic heterocycles. The van der Waals surface area contributed by atoms with Crippen LogP contribution < -0.4 is 0 Å². The van der Waals surface area contributed by atoms with Crippen molar-refractivity contribution in [1.29, 1.82) is 0 Å². The number of amides is 1. The lowest BCUT2D eigenvalue weighted by atomic mass is 9.98. The van der Waals surface area contributed by atoms with Crippen LogP contribution in [0.1, 0.15) is 17.3 Å². The highest BCUT2D eigenvalue weighted by Gasteiger charge is 2.46. The largest absolute Gasteiger partial charge is 0.507 e. The number of likely N-dealkylation sites (tertiary alicyclic amines) is 1. The van der Waals surface area contributed by atoms with Gasteiger partial charge in [-0.3, -0.25) is 24.7 Å². The minimum absolute atomic E-state index is 0.0253. The Kier molecular flexibility index (Phi) is 6.50. The van der Waals surface area contributed by atoms with E-state index in [-0.39, 0.29) is 43.2 Å². The van der Waals surface area contributed by atoms with Crippen LogP contribution in [0.3, 0.4) is 0 Å². The highest BCUT2D eigenvalue weighted by Crippen LogP contribution is 2.38. The number of hydrogen-bond acceptors (Lipinski definition) is 8. The first-order chi connectivity index (χ1) is 14.5. The van der Waals surface area contributed by atoms with E-state index in [4.69, 9.17) is 9.84 Å². The Balaban J connectivity index is 2.07. The average Bonchev–Trinajstić information content (AvgIpc) is 3.01. The van der Waals surface area contributed by atoms with Gasteiger partial charge in [0, 0.05) is 30.4 Å². The molecule has 2 N–H and O–H groups in total. The van der Waals surface area contributed by atoms with E-state index in [0.29, 0.717) is 5.69 Å². The fraction of sp³-hybridized carbons (Fsp3) is 0.250. The van der Waals surface area contributed by atoms with Crippen molar-refractivity contribution in [3.8, 4) is 0 Å². The summed E-state index contributed by atoms with van der Waals surface area (Å²) >= 11 is 0. The van der Waals surface area contributed by atoms with Crippen molar-refractivity contribution < 1.29 is 29.5 Å². The second kappa shape index (κ2) is 9.25. The number of nitro benzene ring substituents is 1. The molecule has 1 fully saturated rings. The number of aliphatic hydroxyl groups is 2. The summed E-state index contributed by atoms with van der Waals surface area (Å²) < 4.78 is 5.21. The van der Waals surface area contributed by atoms with Crippen LogP contribution in [0.15, 0.2) is 54.2 Å². The molecular formula is C20H19N3O7. The molecule has 30 heavy (non-hydrogen) atoms. The van der Waals surface area contributed by atoms with Crippen LogP contribution in [0.4, 0.5) is 5.69 Å². The number of nitro groups is 1. The van der Waals surface area contributed by atoms with Gasteiger partial charge in [-0.1, -0.05) is 18.2 Å². The third kappa shape index (κ3) is 4.19. The molecule has 1 atom stereocenters. The molecule has 0 radical (unpaired) electrons. The monoisotopic (exact) mass is 413 g/mol. The molecule has 10 heteroatoms. The van der Waals surface area contributed by atoms with Gasteiger partial charge in [-0.2, -0.15) is 0 Å². The van der Waals surface area contributed by atoms with E-state index in [9.17, 15) is 24.8 Å². The van der Waals surface area contributed by atoms with E-state index >= 15 is 0 Å². The molecule has 0 spiro atoms. The van der Waals surface area contributed by atoms with E-state index in [1.54, 1.807) is 18.2 Å². The van der Waals surface area contributed by atoms with Gasteiger partial charge in [0.25, 0.3) is 17.4 Å². The summed E-state index contributed by atoms with van der Waals surface area (Å²) in [5, 5.41) is 30.7. The minimum atomic E-state index is -0.983. The average molecular weight is 413 g/mol. The van der Waals surface area contributed by atoms with Crippen LogP contribution >= 0.6 is 0 Å². The van der Waals surface area contributed by atoms with E-state index in [1.807, 2.05) is 0 Å². The summed E-state index contributed by atoms with van der Waals surface area (Å²) in [5.74, 6) is -2.28. The third-order valence-electron chi connectivity index (χ3n) is 4.55. The zero-order chi connectivity index (χ0) is 21.7. The summed E-state index contributed by atoms with van der Waals surface area (Å²) in [5.41, 5.74) is -0.0769. The number of aromatic nitrogens is 1. The Morgan fingerprint density at radius 3 is 2.67 bits per heavy atom. The van der Waals surface area contributed by atoms with Gasteiger partial charge in [0.15, 0.2) is 0 Å². The quantitative estimate of drug-likeness (QED) is 0.165. The zero-order valence-corrected chi connectivity index (χ0v) is 15.8. The molecule has 0 bridgehead atoms. The number of aliphatic hydroxyl groups excluding tert-OH is 2. The molecule has 1 amide bonds. The number of ketones is 1. The van der Waals surface area contributed by atoms with Gasteiger partial charge < -0.3 is 19.8 Å². The maximum absolute atomic E-state index is 12.8. The van der Waals surface area contributed by atoms with E-state index in [1.165, 1.54) is 29.3 Å². The van der Waals surface area contributed by atoms with Gasteiger partial charge in [-0.05, 0) is 12.1 Å². The fourth-order valence-electron chi connectivity index (χ4n) is 3.21. The summed E-state index contributed by atoms with van der Waals surface area (Å²) in [6.45, 7) is -0.0214. The normalized spacial score (nSPS) is 18.0. The second-order valence-electron chi connectivity index (χ2n) is 6.39. The molecule has 1 aromatic carbocycles. The number of pyridine rings is 1. The molecule has 2 aromatic rings. The minimum Gasteiger partial charge on any atom is -0.507 e. The standard InChI is InChI=1S/C20H19N3O7/c24-9-11-30-10-8-22-17(15-6-1-2-7-21-15)16(19(26)20(22)27)18(25)13-4-3-5-14(12-13)23(28)29/h1-7,12,17,24-25H,8-11H2/b18-16+/t17-/m0/s1. The molecule has 2 heterocycles. The van der Waals surface area contributed by atoms with Gasteiger partial charge in [0.05, 0.1) is 36.0 Å². The maximum atomic E-state index is 12.8. The van der Waals surface area contributed by atoms with Crippen molar-refractivity contribution in [2.75, 3.05) is 26.4 Å². The predicted molar refractivity (Wildman–Crippen MR) is 104 cm³/mol. The van der Waals surface area contributed by atoms with Crippen molar-refractivity contribution in [2.24, 2.45) is 0 Å². The summed E-state index contributed by atoms with van der Waals surface area (Å²) in [6, 6.07) is 9.14. The summed E-state index contributed by atoms with van der Waals surface area (Å²) in [6.07, 6.45) is 1.49. The fourth-order valence-corrected chi connectivity index (χ4v) is 3.21. The molecule has 10 nitrogen and oxygen atoms in total. The van der Waals surface area contributed by atoms with Gasteiger partial charge in [0.2, 0.25) is 0 Å². The number of benzene rings is 1. The molecule has 0 unspecified atom stereocenters. The highest BCUT2D eigenvalue weighted by atomic mass is 16.6. The van der Waals surface area contributed by atoms with Crippen LogP contribution in [0, 0.1) is 10.1 Å². The first-order valence-electron chi connectivity index (χ1n) is 9.08. The lowest BCUT2D eigenvalue weighted by Crippen LogP contribution is -2.33. The Morgan fingerprint density at radius 1 is 1.20 bits per heavy atom. The van der Waals surface area contributed by atoms with Gasteiger partial charge in [-0.25, -0.2) is 0 Å². The maximum Gasteiger partial charge on any atom is 0.295 e. The summed E-state index contributed by atoms with van der Waals surface area (Å²) in [4.78, 5) is 41.3. The first-order valence-corrected chi connectivity index (χ1v) is 9.08. The number of non-ortho nitro benzene ring substituents is 1. The lowest BCUT2D eigenvalue weighted by molar-refractivity contribution is -0.384. The lowest BCUT2D eigenvalue weighted by Gasteiger charge is -2.24. The third-order valence-corrected chi connectivity index (χ3v) is 4.55. The first kappa shape index (κ1) is 21.1. The molecule has 1 aliphatic rings. The Labute approximate surface area is 171 Å². The second-order valence-corrected chi connectivity index (χ2v) is 6.39. The van der Waals surface area contributed by atoms with Crippen molar-refractivity contribution >= 4 is 23.1 Å². The molecular weight excluding hydrogens is 394 g/mol. The van der Waals surface area contributed by atoms with Crippen molar-refractivity contribution in [1.82, 2.24) is 9.88 Å². The van der Waals surface area contributed by atoms with Gasteiger partial charge in [-0.15, -0.1) is 0 Å². The van der Waals surface area contributed by atoms with Crippen molar-refractivity contribution in [2.45, 2.75) is 6.04 Å². The molecule has 3 rings (SSSR count). The number of nitrogens with zero attached hydrogens (tertiary/aromatic N) is 3. The number of rotatable bonds is 8. The van der Waals surface area contributed by atoms with Crippen LogP contribution in [-0.2, 0) is 14.3 Å². The van der Waals surface area contributed by atoms with Crippen molar-refractivity contribution in [3.05, 3.63) is 75.6 Å². The van der Waals surface area contributed by atoms with Gasteiger partial charge in [0.1, 0.15) is 11.8 Å². The molecule has 0 aliphatic carbocycles. The Morgan fingerprint density at radius 2 is 2.00 bits per heavy atom. The van der Waals surface area contributed by atoms with Gasteiger partial charge >= 0.3 is 0 Å². The van der Waals surface area contributed by atoms with Crippen LogP contribution in [0.2, 0.25) is 0 Å². The zero-order valence-electron chi connectivity index (χ0n) is 15.8. The van der Waals surface area contributed by atoms with Crippen LogP contribution in [0.25, 0.3) is 5.76 Å². The Hall–Kier alpha value is -3.63. The highest BCUT2D eigenvalue weighted by molar-refractivity contribution is 6.46. The number of hydrogen-bond donors (Lipinski definition) is 2. The molecule has 1 saturated heterocycles. The molecule has 156 valence electrons. The van der Waals surface area contributed by atoms with Crippen molar-refractivity contribution in [3.63, 3.8) is 0 Å². The molecule has 1 aromatic heterocycles. The number of carbonyl (C=O) groups excluding carboxylic acids is 2. The topological polar surface area (TPSA) is 143 Å². The van der Waals surface area contributed by atoms with Crippen LogP contribution in [-0.4, -0.2) is 63.1 Å². The Bertz CT molecular complexity index is 991. The van der Waals surface area contributed by atoms with E-state index in [2.05, 4.69) is 4.98 Å². The smallest absolute Gasteiger partial charge is 0.295 e. The number of Topliss-reactive ketones (excluding diaryl/α,β-unsaturated/α-hetero) is 1. The predicted octanol–water partition coefficient (Wildman–Crippen LogP) is 1.42. The summed E-state index contributed by atoms with van der Waals surface area (Å²) in [7, 11) is 0. The molecule has 0 saturated carbocycles. The number of carbonyl (C=O) groups is 2.